The highest BCUT2D eigenvalue weighted by molar-refractivity contribution is 7.16. The Labute approximate surface area is 205 Å². The highest BCUT2D eigenvalue weighted by Gasteiger charge is 2.35. The second-order valence-corrected chi connectivity index (χ2v) is 9.64. The Hall–Kier alpha value is -2.93. The van der Waals surface area contributed by atoms with Crippen molar-refractivity contribution in [1.29, 1.82) is 0 Å². The Balaban J connectivity index is 1.43. The number of nitrogens with zero attached hydrogens (tertiary/aromatic N) is 5. The van der Waals surface area contributed by atoms with Crippen LogP contribution < -0.4 is 10.6 Å². The lowest BCUT2D eigenvalue weighted by molar-refractivity contribution is -0.137. The Morgan fingerprint density at radius 2 is 2.03 bits per heavy atom. The summed E-state index contributed by atoms with van der Waals surface area (Å²) in [6.45, 7) is 4.82. The van der Waals surface area contributed by atoms with Crippen molar-refractivity contribution in [2.45, 2.75) is 38.3 Å². The number of carbonyl (C=O) groups excluding carboxylic acids is 1. The Kier molecular flexibility index (Phi) is 7.75. The molecule has 0 aliphatic carbocycles. The molecule has 2 aliphatic heterocycles. The fourth-order valence-corrected chi connectivity index (χ4v) is 5.06. The first kappa shape index (κ1) is 25.2. The number of aromatic nitrogens is 3. The van der Waals surface area contributed by atoms with Crippen molar-refractivity contribution in [2.24, 2.45) is 0 Å². The van der Waals surface area contributed by atoms with Crippen molar-refractivity contribution < 1.29 is 22.7 Å². The van der Waals surface area contributed by atoms with Crippen LogP contribution in [0, 0.1) is 6.92 Å². The van der Waals surface area contributed by atoms with Crippen molar-refractivity contribution in [3.05, 3.63) is 34.8 Å². The van der Waals surface area contributed by atoms with E-state index in [1.165, 1.54) is 22.5 Å². The molecule has 0 radical (unpaired) electrons. The van der Waals surface area contributed by atoms with Gasteiger partial charge in [0.1, 0.15) is 16.4 Å². The maximum absolute atomic E-state index is 13.5. The van der Waals surface area contributed by atoms with E-state index in [2.05, 4.69) is 37.5 Å². The number of alkyl halides is 3. The van der Waals surface area contributed by atoms with Crippen LogP contribution >= 0.6 is 11.3 Å². The van der Waals surface area contributed by atoms with E-state index in [1.54, 1.807) is 6.08 Å². The number of nitrogens with one attached hydrogen (secondary N) is 2. The first-order chi connectivity index (χ1) is 16.7. The zero-order chi connectivity index (χ0) is 25.0. The monoisotopic (exact) mass is 511 g/mol. The first-order valence-electron chi connectivity index (χ1n) is 11.4. The molecule has 13 heteroatoms. The van der Waals surface area contributed by atoms with E-state index in [0.717, 1.165) is 47.8 Å². The van der Waals surface area contributed by atoms with Crippen LogP contribution in [0.5, 0.6) is 0 Å². The number of cyclic esters (lactones) is 1. The SMILES string of the molecule is Cc1nc(C2CCN(C)CC2)sc1Nc1ncc(C(F)(F)F)c(NCCCN2CC=COC2=O)n1. The van der Waals surface area contributed by atoms with Gasteiger partial charge in [0, 0.05) is 31.7 Å². The number of aryl methyl sites for hydroxylation is 1. The number of rotatable bonds is 8. The molecule has 35 heavy (non-hydrogen) atoms. The third kappa shape index (κ3) is 6.40. The predicted octanol–water partition coefficient (Wildman–Crippen LogP) is 4.58. The third-order valence-corrected chi connectivity index (χ3v) is 7.18. The van der Waals surface area contributed by atoms with E-state index in [9.17, 15) is 18.0 Å². The third-order valence-electron chi connectivity index (χ3n) is 5.95. The predicted molar refractivity (Wildman–Crippen MR) is 127 cm³/mol. The van der Waals surface area contributed by atoms with Gasteiger partial charge in [0.2, 0.25) is 5.95 Å². The summed E-state index contributed by atoms with van der Waals surface area (Å²) in [5.41, 5.74) is -0.180. The van der Waals surface area contributed by atoms with Crippen LogP contribution in [0.1, 0.15) is 41.4 Å². The lowest BCUT2D eigenvalue weighted by atomic mass is 9.98. The second kappa shape index (κ2) is 10.8. The molecule has 2 aliphatic rings. The van der Waals surface area contributed by atoms with Gasteiger partial charge in [0.05, 0.1) is 17.0 Å². The van der Waals surface area contributed by atoms with Gasteiger partial charge in [-0.25, -0.2) is 14.8 Å². The van der Waals surface area contributed by atoms with E-state index in [-0.39, 0.29) is 18.3 Å². The number of likely N-dealkylation sites (tertiary alicyclic amines) is 1. The van der Waals surface area contributed by atoms with Gasteiger partial charge in [-0.2, -0.15) is 18.2 Å². The van der Waals surface area contributed by atoms with Crippen LogP contribution in [0.3, 0.4) is 0 Å². The zero-order valence-electron chi connectivity index (χ0n) is 19.6. The molecular weight excluding hydrogens is 483 g/mol. The average Bonchev–Trinajstić information content (AvgIpc) is 3.17. The molecule has 0 unspecified atom stereocenters. The fourth-order valence-electron chi connectivity index (χ4n) is 3.93. The van der Waals surface area contributed by atoms with Crippen molar-refractivity contribution in [3.63, 3.8) is 0 Å². The van der Waals surface area contributed by atoms with Crippen molar-refractivity contribution in [1.82, 2.24) is 24.8 Å². The number of piperidine rings is 1. The number of hydrogen-bond acceptors (Lipinski definition) is 9. The van der Waals surface area contributed by atoms with Crippen LogP contribution in [0.25, 0.3) is 0 Å². The van der Waals surface area contributed by atoms with E-state index >= 15 is 0 Å². The summed E-state index contributed by atoms with van der Waals surface area (Å²) in [7, 11) is 2.10. The topological polar surface area (TPSA) is 95.5 Å². The summed E-state index contributed by atoms with van der Waals surface area (Å²) in [4.78, 5) is 28.1. The summed E-state index contributed by atoms with van der Waals surface area (Å²) in [6, 6.07) is 0. The van der Waals surface area contributed by atoms with Gasteiger partial charge in [0.15, 0.2) is 0 Å². The van der Waals surface area contributed by atoms with E-state index in [0.29, 0.717) is 25.4 Å². The van der Waals surface area contributed by atoms with Gasteiger partial charge in [-0.1, -0.05) is 0 Å². The van der Waals surface area contributed by atoms with Crippen LogP contribution in [0.2, 0.25) is 0 Å². The molecular formula is C22H28F3N7O2S. The lowest BCUT2D eigenvalue weighted by Crippen LogP contribution is -2.34. The molecule has 0 aromatic carbocycles. The van der Waals surface area contributed by atoms with E-state index in [4.69, 9.17) is 4.74 Å². The summed E-state index contributed by atoms with van der Waals surface area (Å²) in [5, 5.41) is 7.54. The number of halogens is 3. The number of anilines is 3. The number of hydrogen-bond donors (Lipinski definition) is 2. The Morgan fingerprint density at radius 3 is 2.74 bits per heavy atom. The summed E-state index contributed by atoms with van der Waals surface area (Å²) in [6.07, 6.45) is 1.18. The largest absolute Gasteiger partial charge is 0.421 e. The lowest BCUT2D eigenvalue weighted by Gasteiger charge is -2.27. The summed E-state index contributed by atoms with van der Waals surface area (Å²) in [5.74, 6) is 0.129. The zero-order valence-corrected chi connectivity index (χ0v) is 20.4. The van der Waals surface area contributed by atoms with Crippen LogP contribution in [0.15, 0.2) is 18.5 Å². The van der Waals surface area contributed by atoms with E-state index < -0.39 is 17.8 Å². The van der Waals surface area contributed by atoms with Gasteiger partial charge in [-0.05, 0) is 52.4 Å². The summed E-state index contributed by atoms with van der Waals surface area (Å²) < 4.78 is 45.4. The van der Waals surface area contributed by atoms with Crippen LogP contribution in [0.4, 0.5) is 34.7 Å². The molecule has 2 N–H and O–H groups in total. The highest BCUT2D eigenvalue weighted by atomic mass is 32.1. The smallest absolute Gasteiger partial charge is 0.418 e. The minimum atomic E-state index is -4.61. The van der Waals surface area contributed by atoms with Gasteiger partial charge in [-0.3, -0.25) is 0 Å². The molecule has 2 aromatic rings. The quantitative estimate of drug-likeness (QED) is 0.498. The van der Waals surface area contributed by atoms with Gasteiger partial charge < -0.3 is 25.2 Å². The molecule has 0 saturated carbocycles. The standard InChI is InChI=1S/C22H28F3N7O2S/c1-14-18(35-19(28-14)15-5-10-31(2)11-6-15)30-20-27-13-16(22(23,24)25)17(29-20)26-7-3-8-32-9-4-12-34-21(32)33/h4,12-13,15H,3,5-11H2,1-2H3,(H2,26,27,29,30). The molecule has 4 heterocycles. The van der Waals surface area contributed by atoms with Gasteiger partial charge >= 0.3 is 12.3 Å². The molecule has 1 saturated heterocycles. The molecule has 9 nitrogen and oxygen atoms in total. The summed E-state index contributed by atoms with van der Waals surface area (Å²) >= 11 is 1.50. The van der Waals surface area contributed by atoms with Crippen LogP contribution in [-0.4, -0.2) is 70.6 Å². The number of amides is 1. The maximum Gasteiger partial charge on any atom is 0.421 e. The Bertz CT molecular complexity index is 1070. The van der Waals surface area contributed by atoms with Crippen LogP contribution in [-0.2, 0) is 10.9 Å². The Morgan fingerprint density at radius 1 is 1.26 bits per heavy atom. The molecule has 0 bridgehead atoms. The molecule has 0 atom stereocenters. The molecule has 1 fully saturated rings. The second-order valence-electron chi connectivity index (χ2n) is 8.60. The molecule has 4 rings (SSSR count). The molecule has 0 spiro atoms. The molecule has 190 valence electrons. The normalized spacial score (nSPS) is 17.5. The number of ether oxygens (including phenoxy) is 1. The van der Waals surface area contributed by atoms with Crippen molar-refractivity contribution in [2.75, 3.05) is 50.4 Å². The average molecular weight is 512 g/mol. The van der Waals surface area contributed by atoms with Crippen molar-refractivity contribution >= 4 is 34.2 Å². The van der Waals surface area contributed by atoms with Gasteiger partial charge in [0.25, 0.3) is 0 Å². The minimum Gasteiger partial charge on any atom is -0.418 e. The fraction of sp³-hybridized carbons (Fsp3) is 0.545. The molecule has 2 aromatic heterocycles. The van der Waals surface area contributed by atoms with E-state index in [1.807, 2.05) is 6.92 Å². The van der Waals surface area contributed by atoms with Crippen molar-refractivity contribution in [3.8, 4) is 0 Å². The number of carbonyl (C=O) groups is 1. The highest BCUT2D eigenvalue weighted by Crippen LogP contribution is 2.37. The minimum absolute atomic E-state index is 0.0620. The number of thiazole rings is 1. The van der Waals surface area contributed by atoms with Gasteiger partial charge in [-0.15, -0.1) is 11.3 Å². The molecule has 1 amide bonds. The first-order valence-corrected chi connectivity index (χ1v) is 12.2. The maximum atomic E-state index is 13.5.